The molecule has 29 heavy (non-hydrogen) atoms. The third-order valence-corrected chi connectivity index (χ3v) is 5.51. The number of aryl methyl sites for hydroxylation is 2. The molecule has 4 nitrogen and oxygen atoms in total. The summed E-state index contributed by atoms with van der Waals surface area (Å²) in [5.41, 5.74) is 4.93. The summed E-state index contributed by atoms with van der Waals surface area (Å²) >= 11 is 0. The molecule has 1 saturated heterocycles. The van der Waals surface area contributed by atoms with Crippen LogP contribution in [0.3, 0.4) is 0 Å². The number of ether oxygens (including phenoxy) is 1. The molecule has 1 atom stereocenters. The number of pyridine rings is 1. The number of carbonyl (C=O) groups excluding carboxylic acids is 1. The third-order valence-electron chi connectivity index (χ3n) is 5.51. The Morgan fingerprint density at radius 3 is 2.55 bits per heavy atom. The molecule has 0 bridgehead atoms. The van der Waals surface area contributed by atoms with E-state index in [1.807, 2.05) is 61.2 Å². The summed E-state index contributed by atoms with van der Waals surface area (Å²) in [6.07, 6.45) is 5.61. The summed E-state index contributed by atoms with van der Waals surface area (Å²) in [7, 11) is 0. The third kappa shape index (κ3) is 4.16. The topological polar surface area (TPSA) is 42.4 Å². The number of likely N-dealkylation sites (tertiary alicyclic amines) is 1. The van der Waals surface area contributed by atoms with E-state index in [2.05, 4.69) is 17.1 Å². The quantitative estimate of drug-likeness (QED) is 0.601. The van der Waals surface area contributed by atoms with E-state index in [9.17, 15) is 4.79 Å². The van der Waals surface area contributed by atoms with Crippen molar-refractivity contribution in [1.82, 2.24) is 9.88 Å². The van der Waals surface area contributed by atoms with Crippen molar-refractivity contribution in [1.29, 1.82) is 0 Å². The summed E-state index contributed by atoms with van der Waals surface area (Å²) in [5.74, 6) is 0.938. The lowest BCUT2D eigenvalue weighted by Crippen LogP contribution is -2.30. The second-order valence-electron chi connectivity index (χ2n) is 7.66. The van der Waals surface area contributed by atoms with Crippen molar-refractivity contribution in [2.24, 2.45) is 0 Å². The zero-order chi connectivity index (χ0) is 20.2. The molecule has 0 aliphatic carbocycles. The van der Waals surface area contributed by atoms with Crippen molar-refractivity contribution in [2.75, 3.05) is 6.54 Å². The minimum atomic E-state index is 0.0985. The van der Waals surface area contributed by atoms with Crippen LogP contribution in [0.15, 0.2) is 67.0 Å². The summed E-state index contributed by atoms with van der Waals surface area (Å²) in [6, 6.07) is 18.3. The first-order chi connectivity index (χ1) is 14.1. The molecule has 0 spiro atoms. The molecule has 1 amide bonds. The molecule has 4 heteroatoms. The average molecular weight is 386 g/mol. The lowest BCUT2D eigenvalue weighted by atomic mass is 10.0. The number of hydrogen-bond donors (Lipinski definition) is 0. The highest BCUT2D eigenvalue weighted by Crippen LogP contribution is 2.34. The van der Waals surface area contributed by atoms with Crippen molar-refractivity contribution in [3.63, 3.8) is 0 Å². The van der Waals surface area contributed by atoms with E-state index in [0.717, 1.165) is 47.4 Å². The summed E-state index contributed by atoms with van der Waals surface area (Å²) in [6.45, 7) is 5.27. The van der Waals surface area contributed by atoms with Gasteiger partial charge in [0.15, 0.2) is 0 Å². The molecule has 4 rings (SSSR count). The molecule has 2 heterocycles. The molecule has 3 aromatic rings. The number of aromatic nitrogens is 1. The Balaban J connectivity index is 1.53. The van der Waals surface area contributed by atoms with Crippen molar-refractivity contribution in [2.45, 2.75) is 39.3 Å². The standard InChI is InChI=1S/C25H26N2O2/c1-18-14-22(15-19(2)24(18)29-17-20-8-6-12-26-16-20)25(28)27-13-7-11-23(27)21-9-4-3-5-10-21/h3-6,8-10,12,14-16,23H,7,11,13,17H2,1-2H3. The van der Waals surface area contributed by atoms with E-state index in [1.165, 1.54) is 5.56 Å². The van der Waals surface area contributed by atoms with Crippen molar-refractivity contribution in [3.05, 3.63) is 94.8 Å². The SMILES string of the molecule is Cc1cc(C(=O)N2CCCC2c2ccccc2)cc(C)c1OCc1cccnc1. The van der Waals surface area contributed by atoms with E-state index < -0.39 is 0 Å². The highest BCUT2D eigenvalue weighted by Gasteiger charge is 2.30. The molecule has 1 aromatic heterocycles. The number of amides is 1. The molecular formula is C25H26N2O2. The Hall–Kier alpha value is -3.14. The van der Waals surface area contributed by atoms with Gasteiger partial charge in [0, 0.05) is 30.1 Å². The highest BCUT2D eigenvalue weighted by atomic mass is 16.5. The Bertz CT molecular complexity index is 963. The fraction of sp³-hybridized carbons (Fsp3) is 0.280. The van der Waals surface area contributed by atoms with Crippen LogP contribution in [-0.4, -0.2) is 22.3 Å². The van der Waals surface area contributed by atoms with Crippen LogP contribution in [0.4, 0.5) is 0 Å². The molecule has 1 aliphatic heterocycles. The zero-order valence-electron chi connectivity index (χ0n) is 17.0. The molecular weight excluding hydrogens is 360 g/mol. The first-order valence-corrected chi connectivity index (χ1v) is 10.1. The van der Waals surface area contributed by atoms with Gasteiger partial charge in [-0.2, -0.15) is 0 Å². The molecule has 1 unspecified atom stereocenters. The normalized spacial score (nSPS) is 16.1. The van der Waals surface area contributed by atoms with Gasteiger partial charge in [0.05, 0.1) is 6.04 Å². The van der Waals surface area contributed by atoms with Gasteiger partial charge in [-0.05, 0) is 61.6 Å². The van der Waals surface area contributed by atoms with E-state index >= 15 is 0 Å². The van der Waals surface area contributed by atoms with Gasteiger partial charge in [0.1, 0.15) is 12.4 Å². The lowest BCUT2D eigenvalue weighted by Gasteiger charge is -2.26. The minimum Gasteiger partial charge on any atom is -0.488 e. The predicted octanol–water partition coefficient (Wildman–Crippen LogP) is 5.25. The van der Waals surface area contributed by atoms with Gasteiger partial charge in [-0.3, -0.25) is 9.78 Å². The second kappa shape index (κ2) is 8.48. The molecule has 2 aromatic carbocycles. The number of hydrogen-bond acceptors (Lipinski definition) is 3. The van der Waals surface area contributed by atoms with Crippen molar-refractivity contribution < 1.29 is 9.53 Å². The van der Waals surface area contributed by atoms with Crippen molar-refractivity contribution in [3.8, 4) is 5.75 Å². The number of benzene rings is 2. The van der Waals surface area contributed by atoms with Crippen LogP contribution in [0.5, 0.6) is 5.75 Å². The number of nitrogens with zero attached hydrogens (tertiary/aromatic N) is 2. The molecule has 148 valence electrons. The van der Waals surface area contributed by atoms with Crippen LogP contribution in [0.1, 0.15) is 51.5 Å². The maximum atomic E-state index is 13.3. The Kier molecular flexibility index (Phi) is 5.61. The molecule has 1 fully saturated rings. The number of carbonyl (C=O) groups is 1. The van der Waals surface area contributed by atoms with E-state index in [-0.39, 0.29) is 11.9 Å². The summed E-state index contributed by atoms with van der Waals surface area (Å²) in [5, 5.41) is 0. The molecule has 0 saturated carbocycles. The fourth-order valence-corrected chi connectivity index (χ4v) is 4.14. The molecule has 0 radical (unpaired) electrons. The second-order valence-corrected chi connectivity index (χ2v) is 7.66. The van der Waals surface area contributed by atoms with Gasteiger partial charge in [0.2, 0.25) is 0 Å². The van der Waals surface area contributed by atoms with Crippen LogP contribution in [0.2, 0.25) is 0 Å². The molecule has 0 N–H and O–H groups in total. The van der Waals surface area contributed by atoms with Crippen LogP contribution in [0, 0.1) is 13.8 Å². The summed E-state index contributed by atoms with van der Waals surface area (Å²) < 4.78 is 6.04. The highest BCUT2D eigenvalue weighted by molar-refractivity contribution is 5.95. The first kappa shape index (κ1) is 19.2. The maximum absolute atomic E-state index is 13.3. The smallest absolute Gasteiger partial charge is 0.254 e. The lowest BCUT2D eigenvalue weighted by molar-refractivity contribution is 0.0735. The average Bonchev–Trinajstić information content (AvgIpc) is 3.24. The Labute approximate surface area is 172 Å². The van der Waals surface area contributed by atoms with Crippen LogP contribution >= 0.6 is 0 Å². The fourth-order valence-electron chi connectivity index (χ4n) is 4.14. The molecule has 1 aliphatic rings. The van der Waals surface area contributed by atoms with Crippen LogP contribution < -0.4 is 4.74 Å². The maximum Gasteiger partial charge on any atom is 0.254 e. The predicted molar refractivity (Wildman–Crippen MR) is 114 cm³/mol. The van der Waals surface area contributed by atoms with E-state index in [0.29, 0.717) is 6.61 Å². The van der Waals surface area contributed by atoms with Gasteiger partial charge in [0.25, 0.3) is 5.91 Å². The van der Waals surface area contributed by atoms with Gasteiger partial charge in [-0.15, -0.1) is 0 Å². The minimum absolute atomic E-state index is 0.0985. The van der Waals surface area contributed by atoms with E-state index in [4.69, 9.17) is 4.74 Å². The van der Waals surface area contributed by atoms with E-state index in [1.54, 1.807) is 12.4 Å². The largest absolute Gasteiger partial charge is 0.488 e. The van der Waals surface area contributed by atoms with Crippen LogP contribution in [0.25, 0.3) is 0 Å². The number of rotatable bonds is 5. The Morgan fingerprint density at radius 1 is 1.10 bits per heavy atom. The Morgan fingerprint density at radius 2 is 1.86 bits per heavy atom. The van der Waals surface area contributed by atoms with Gasteiger partial charge < -0.3 is 9.64 Å². The van der Waals surface area contributed by atoms with Crippen molar-refractivity contribution >= 4 is 5.91 Å². The monoisotopic (exact) mass is 386 g/mol. The first-order valence-electron chi connectivity index (χ1n) is 10.1. The van der Waals surface area contributed by atoms with Gasteiger partial charge in [-0.25, -0.2) is 0 Å². The van der Waals surface area contributed by atoms with Gasteiger partial charge in [-0.1, -0.05) is 36.4 Å². The zero-order valence-corrected chi connectivity index (χ0v) is 17.0. The van der Waals surface area contributed by atoms with Gasteiger partial charge >= 0.3 is 0 Å². The van der Waals surface area contributed by atoms with Crippen LogP contribution in [-0.2, 0) is 6.61 Å². The summed E-state index contributed by atoms with van der Waals surface area (Å²) in [4.78, 5) is 19.4.